The molecule has 0 aromatic heterocycles. The van der Waals surface area contributed by atoms with Crippen LogP contribution in [-0.2, 0) is 4.79 Å². The van der Waals surface area contributed by atoms with Gasteiger partial charge in [-0.2, -0.15) is 0 Å². The number of nitrogens with zero attached hydrogens (tertiary/aromatic N) is 1. The maximum absolute atomic E-state index is 12.8. The van der Waals surface area contributed by atoms with Crippen LogP contribution in [0.3, 0.4) is 0 Å². The highest BCUT2D eigenvalue weighted by molar-refractivity contribution is 5.77. The molecule has 0 spiro atoms. The lowest BCUT2D eigenvalue weighted by atomic mass is 10.3. The Morgan fingerprint density at radius 2 is 1.94 bits per heavy atom. The highest BCUT2D eigenvalue weighted by Crippen LogP contribution is 2.15. The molecule has 1 amide bonds. The molecule has 0 heterocycles. The molecule has 0 unspecified atom stereocenters. The molecule has 1 rings (SSSR count). The molecular weight excluding hydrogens is 232 g/mol. The fourth-order valence-electron chi connectivity index (χ4n) is 1.14. The van der Waals surface area contributed by atoms with Crippen LogP contribution in [0.5, 0.6) is 5.75 Å². The van der Waals surface area contributed by atoms with E-state index in [1.54, 1.807) is 0 Å². The number of ether oxygens (including phenoxy) is 1. The predicted molar refractivity (Wildman–Crippen MR) is 56.6 cm³/mol. The standard InChI is InChI=1S/C11H13F2NO3/c1-14(2-3-15)11(16)7-17-10-5-8(12)4-9(13)6-10/h4-6,15H,2-3,7H2,1H3. The first kappa shape index (κ1) is 13.4. The minimum atomic E-state index is -0.767. The van der Waals surface area contributed by atoms with Gasteiger partial charge in [-0.05, 0) is 0 Å². The maximum Gasteiger partial charge on any atom is 0.260 e. The number of rotatable bonds is 5. The summed E-state index contributed by atoms with van der Waals surface area (Å²) in [5.41, 5.74) is 0. The van der Waals surface area contributed by atoms with Crippen molar-refractivity contribution in [3.05, 3.63) is 29.8 Å². The Bertz CT molecular complexity index is 378. The van der Waals surface area contributed by atoms with Gasteiger partial charge in [0.05, 0.1) is 6.61 Å². The average molecular weight is 245 g/mol. The van der Waals surface area contributed by atoms with Gasteiger partial charge in [0.2, 0.25) is 0 Å². The third-order valence-electron chi connectivity index (χ3n) is 2.06. The molecule has 1 aromatic carbocycles. The zero-order valence-corrected chi connectivity index (χ0v) is 9.32. The van der Waals surface area contributed by atoms with Crippen LogP contribution < -0.4 is 4.74 Å². The van der Waals surface area contributed by atoms with Crippen LogP contribution in [0.25, 0.3) is 0 Å². The van der Waals surface area contributed by atoms with Gasteiger partial charge in [0.1, 0.15) is 17.4 Å². The van der Waals surface area contributed by atoms with Gasteiger partial charge in [0.25, 0.3) is 5.91 Å². The lowest BCUT2D eigenvalue weighted by Crippen LogP contribution is -2.33. The van der Waals surface area contributed by atoms with Gasteiger partial charge >= 0.3 is 0 Å². The first-order chi connectivity index (χ1) is 8.02. The summed E-state index contributed by atoms with van der Waals surface area (Å²) < 4.78 is 30.5. The molecule has 17 heavy (non-hydrogen) atoms. The molecule has 94 valence electrons. The van der Waals surface area contributed by atoms with Crippen LogP contribution in [0.4, 0.5) is 8.78 Å². The second kappa shape index (κ2) is 6.15. The van der Waals surface area contributed by atoms with Gasteiger partial charge in [-0.1, -0.05) is 0 Å². The van der Waals surface area contributed by atoms with E-state index in [0.29, 0.717) is 6.07 Å². The Morgan fingerprint density at radius 1 is 1.35 bits per heavy atom. The number of hydrogen-bond donors (Lipinski definition) is 1. The van der Waals surface area contributed by atoms with E-state index >= 15 is 0 Å². The van der Waals surface area contributed by atoms with Crippen molar-refractivity contribution in [3.8, 4) is 5.75 Å². The summed E-state index contributed by atoms with van der Waals surface area (Å²) in [5.74, 6) is -1.97. The Morgan fingerprint density at radius 3 is 2.47 bits per heavy atom. The molecule has 0 fully saturated rings. The highest BCUT2D eigenvalue weighted by atomic mass is 19.1. The number of aliphatic hydroxyl groups excluding tert-OH is 1. The number of hydrogen-bond acceptors (Lipinski definition) is 3. The summed E-state index contributed by atoms with van der Waals surface area (Å²) in [7, 11) is 1.49. The minimum Gasteiger partial charge on any atom is -0.484 e. The summed E-state index contributed by atoms with van der Waals surface area (Å²) in [4.78, 5) is 12.6. The first-order valence-electron chi connectivity index (χ1n) is 4.96. The third-order valence-corrected chi connectivity index (χ3v) is 2.06. The van der Waals surface area contributed by atoms with Crippen molar-refractivity contribution in [3.63, 3.8) is 0 Å². The number of amides is 1. The molecule has 0 atom stereocenters. The lowest BCUT2D eigenvalue weighted by molar-refractivity contribution is -0.132. The fraction of sp³-hybridized carbons (Fsp3) is 0.364. The minimum absolute atomic E-state index is 0.0479. The topological polar surface area (TPSA) is 49.8 Å². The largest absolute Gasteiger partial charge is 0.484 e. The predicted octanol–water partition coefficient (Wildman–Crippen LogP) is 0.794. The summed E-state index contributed by atoms with van der Waals surface area (Å²) in [6.07, 6.45) is 0. The van der Waals surface area contributed by atoms with Crippen molar-refractivity contribution in [2.75, 3.05) is 26.8 Å². The average Bonchev–Trinajstić information content (AvgIpc) is 2.25. The van der Waals surface area contributed by atoms with Crippen LogP contribution in [0, 0.1) is 11.6 Å². The number of likely N-dealkylation sites (N-methyl/N-ethyl adjacent to an activating group) is 1. The molecule has 0 aliphatic rings. The van der Waals surface area contributed by atoms with Gasteiger partial charge in [-0.15, -0.1) is 0 Å². The zero-order valence-electron chi connectivity index (χ0n) is 9.32. The van der Waals surface area contributed by atoms with Crippen LogP contribution in [0.1, 0.15) is 0 Å². The van der Waals surface area contributed by atoms with E-state index in [9.17, 15) is 13.6 Å². The number of carbonyl (C=O) groups excluding carboxylic acids is 1. The van der Waals surface area contributed by atoms with E-state index in [1.165, 1.54) is 11.9 Å². The molecule has 0 aliphatic carbocycles. The molecule has 0 bridgehead atoms. The van der Waals surface area contributed by atoms with Crippen molar-refractivity contribution in [1.29, 1.82) is 0 Å². The Kier molecular flexibility index (Phi) is 4.84. The first-order valence-corrected chi connectivity index (χ1v) is 4.96. The molecule has 6 heteroatoms. The molecule has 0 aliphatic heterocycles. The van der Waals surface area contributed by atoms with Crippen molar-refractivity contribution < 1.29 is 23.4 Å². The highest BCUT2D eigenvalue weighted by Gasteiger charge is 2.09. The van der Waals surface area contributed by atoms with Crippen molar-refractivity contribution in [1.82, 2.24) is 4.90 Å². The van der Waals surface area contributed by atoms with E-state index < -0.39 is 11.6 Å². The van der Waals surface area contributed by atoms with E-state index in [-0.39, 0.29) is 31.4 Å². The van der Waals surface area contributed by atoms with Gasteiger partial charge in [-0.3, -0.25) is 4.79 Å². The van der Waals surface area contributed by atoms with E-state index in [0.717, 1.165) is 12.1 Å². The van der Waals surface area contributed by atoms with Crippen molar-refractivity contribution in [2.24, 2.45) is 0 Å². The number of aliphatic hydroxyl groups is 1. The molecule has 4 nitrogen and oxygen atoms in total. The number of carbonyl (C=O) groups is 1. The number of benzene rings is 1. The molecule has 0 saturated carbocycles. The monoisotopic (exact) mass is 245 g/mol. The van der Waals surface area contributed by atoms with E-state index in [2.05, 4.69) is 0 Å². The summed E-state index contributed by atoms with van der Waals surface area (Å²) in [6, 6.07) is 2.69. The number of halogens is 2. The molecule has 0 radical (unpaired) electrons. The van der Waals surface area contributed by atoms with Gasteiger partial charge in [-0.25, -0.2) is 8.78 Å². The lowest BCUT2D eigenvalue weighted by Gasteiger charge is -2.15. The molecule has 1 aromatic rings. The normalized spacial score (nSPS) is 10.1. The zero-order chi connectivity index (χ0) is 12.8. The van der Waals surface area contributed by atoms with Crippen LogP contribution in [0.15, 0.2) is 18.2 Å². The smallest absolute Gasteiger partial charge is 0.260 e. The fourth-order valence-corrected chi connectivity index (χ4v) is 1.14. The summed E-state index contributed by atoms with van der Waals surface area (Å²) in [5, 5.41) is 8.61. The SMILES string of the molecule is CN(CCO)C(=O)COc1cc(F)cc(F)c1. The van der Waals surface area contributed by atoms with Crippen LogP contribution >= 0.6 is 0 Å². The summed E-state index contributed by atoms with van der Waals surface area (Å²) >= 11 is 0. The molecule has 1 N–H and O–H groups in total. The Labute approximate surface area is 97.4 Å². The van der Waals surface area contributed by atoms with Crippen molar-refractivity contribution in [2.45, 2.75) is 0 Å². The van der Waals surface area contributed by atoms with Crippen LogP contribution in [-0.4, -0.2) is 42.7 Å². The molecule has 0 saturated heterocycles. The van der Waals surface area contributed by atoms with E-state index in [4.69, 9.17) is 9.84 Å². The maximum atomic E-state index is 12.8. The Balaban J connectivity index is 2.52. The summed E-state index contributed by atoms with van der Waals surface area (Å²) in [6.45, 7) is -0.310. The van der Waals surface area contributed by atoms with Crippen LogP contribution in [0.2, 0.25) is 0 Å². The Hall–Kier alpha value is -1.69. The van der Waals surface area contributed by atoms with Gasteiger partial charge in [0, 0.05) is 31.8 Å². The van der Waals surface area contributed by atoms with E-state index in [1.807, 2.05) is 0 Å². The van der Waals surface area contributed by atoms with Gasteiger partial charge in [0.15, 0.2) is 6.61 Å². The van der Waals surface area contributed by atoms with Crippen molar-refractivity contribution >= 4 is 5.91 Å². The third kappa shape index (κ3) is 4.36. The second-order valence-electron chi connectivity index (χ2n) is 3.43. The second-order valence-corrected chi connectivity index (χ2v) is 3.43. The van der Waals surface area contributed by atoms with Gasteiger partial charge < -0.3 is 14.7 Å². The molecular formula is C11H13F2NO3. The quantitative estimate of drug-likeness (QED) is 0.834.